The van der Waals surface area contributed by atoms with Crippen molar-refractivity contribution >= 4 is 0 Å². The van der Waals surface area contributed by atoms with Gasteiger partial charge in [-0.1, -0.05) is 20.8 Å². The zero-order valence-electron chi connectivity index (χ0n) is 17.3. The summed E-state index contributed by atoms with van der Waals surface area (Å²) in [5, 5.41) is 51.4. The minimum absolute atomic E-state index is 0.0162. The second-order valence-corrected chi connectivity index (χ2v) is 10.7. The van der Waals surface area contributed by atoms with E-state index in [2.05, 4.69) is 20.8 Å². The maximum absolute atomic E-state index is 11.1. The molecular formula is C21H34O8. The predicted molar refractivity (Wildman–Crippen MR) is 99.5 cm³/mol. The molecule has 5 fully saturated rings. The van der Waals surface area contributed by atoms with Crippen molar-refractivity contribution in [1.82, 2.24) is 0 Å². The van der Waals surface area contributed by atoms with E-state index >= 15 is 0 Å². The fourth-order valence-electron chi connectivity index (χ4n) is 7.95. The standard InChI is InChI=1S/C21H34O8/c1-9-4-5-12-19(2,3)16-10(23)6-20(8-27-20)18(21(9,12)16)29-17-15(26)14(25)13(24)11(7-22)28-17/h9-18,22-26H,4-8H2,1-3H3. The maximum Gasteiger partial charge on any atom is 0.187 e. The lowest BCUT2D eigenvalue weighted by atomic mass is 9.33. The molecular weight excluding hydrogens is 380 g/mol. The molecule has 2 heterocycles. The Morgan fingerprint density at radius 3 is 2.34 bits per heavy atom. The van der Waals surface area contributed by atoms with Gasteiger partial charge in [-0.25, -0.2) is 0 Å². The average molecular weight is 414 g/mol. The van der Waals surface area contributed by atoms with Crippen LogP contribution < -0.4 is 0 Å². The van der Waals surface area contributed by atoms with Crippen LogP contribution in [0, 0.1) is 28.6 Å². The first-order chi connectivity index (χ1) is 13.6. The smallest absolute Gasteiger partial charge is 0.187 e. The molecule has 3 aliphatic carbocycles. The van der Waals surface area contributed by atoms with Gasteiger partial charge in [0.1, 0.15) is 30.0 Å². The molecule has 12 atom stereocenters. The third kappa shape index (κ3) is 2.43. The Morgan fingerprint density at radius 1 is 1.03 bits per heavy atom. The lowest BCUT2D eigenvalue weighted by molar-refractivity contribution is -0.370. The van der Waals surface area contributed by atoms with Gasteiger partial charge in [-0.3, -0.25) is 0 Å². The van der Waals surface area contributed by atoms with Crippen LogP contribution in [0.15, 0.2) is 0 Å². The Morgan fingerprint density at radius 2 is 1.72 bits per heavy atom. The predicted octanol–water partition coefficient (Wildman–Crippen LogP) is -0.606. The largest absolute Gasteiger partial charge is 0.394 e. The van der Waals surface area contributed by atoms with E-state index < -0.39 is 49.0 Å². The minimum Gasteiger partial charge on any atom is -0.394 e. The third-order valence-electron chi connectivity index (χ3n) is 9.09. The fraction of sp³-hybridized carbons (Fsp3) is 1.00. The highest BCUT2D eigenvalue weighted by Crippen LogP contribution is 2.79. The molecule has 0 amide bonds. The van der Waals surface area contributed by atoms with Crippen LogP contribution in [0.5, 0.6) is 0 Å². The zero-order chi connectivity index (χ0) is 20.9. The van der Waals surface area contributed by atoms with Crippen molar-refractivity contribution < 1.29 is 39.7 Å². The molecule has 2 spiro atoms. The maximum atomic E-state index is 11.1. The van der Waals surface area contributed by atoms with Crippen LogP contribution in [0.2, 0.25) is 0 Å². The fourth-order valence-corrected chi connectivity index (χ4v) is 7.95. The van der Waals surface area contributed by atoms with Gasteiger partial charge in [0.25, 0.3) is 0 Å². The average Bonchev–Trinajstić information content (AvgIpc) is 3.35. The lowest BCUT2D eigenvalue weighted by Crippen LogP contribution is -2.76. The van der Waals surface area contributed by atoms with E-state index in [9.17, 15) is 25.5 Å². The first kappa shape index (κ1) is 20.6. The Hall–Kier alpha value is -0.320. The van der Waals surface area contributed by atoms with Gasteiger partial charge >= 0.3 is 0 Å². The Balaban J connectivity index is 1.50. The van der Waals surface area contributed by atoms with E-state index in [1.807, 2.05) is 0 Å². The summed E-state index contributed by atoms with van der Waals surface area (Å²) < 4.78 is 18.0. The molecule has 0 aromatic heterocycles. The minimum atomic E-state index is -1.47. The van der Waals surface area contributed by atoms with Gasteiger partial charge < -0.3 is 39.7 Å². The summed E-state index contributed by atoms with van der Waals surface area (Å²) in [6, 6.07) is 0. The molecule has 3 saturated carbocycles. The molecule has 0 aromatic rings. The number of aliphatic hydroxyl groups excluding tert-OH is 5. The van der Waals surface area contributed by atoms with Crippen molar-refractivity contribution in [2.75, 3.05) is 13.2 Å². The van der Waals surface area contributed by atoms with Crippen molar-refractivity contribution in [3.8, 4) is 0 Å². The van der Waals surface area contributed by atoms with Crippen molar-refractivity contribution in [3.05, 3.63) is 0 Å². The highest BCUT2D eigenvalue weighted by Gasteiger charge is 2.82. The van der Waals surface area contributed by atoms with E-state index in [1.54, 1.807) is 0 Å². The normalized spacial score (nSPS) is 60.4. The van der Waals surface area contributed by atoms with Crippen LogP contribution in [-0.2, 0) is 14.2 Å². The molecule has 0 aromatic carbocycles. The molecule has 2 saturated heterocycles. The summed E-state index contributed by atoms with van der Waals surface area (Å²) in [5.41, 5.74) is -0.907. The van der Waals surface area contributed by atoms with E-state index in [4.69, 9.17) is 14.2 Å². The van der Waals surface area contributed by atoms with Gasteiger partial charge in [-0.2, -0.15) is 0 Å². The van der Waals surface area contributed by atoms with Crippen LogP contribution in [0.3, 0.4) is 0 Å². The Labute approximate surface area is 170 Å². The number of hydrogen-bond donors (Lipinski definition) is 5. The number of rotatable bonds is 3. The van der Waals surface area contributed by atoms with Crippen molar-refractivity contribution in [2.24, 2.45) is 28.6 Å². The number of ether oxygens (including phenoxy) is 3. The molecule has 29 heavy (non-hydrogen) atoms. The molecule has 5 aliphatic rings. The second-order valence-electron chi connectivity index (χ2n) is 10.7. The monoisotopic (exact) mass is 414 g/mol. The van der Waals surface area contributed by atoms with Crippen molar-refractivity contribution in [3.63, 3.8) is 0 Å². The zero-order valence-corrected chi connectivity index (χ0v) is 17.3. The molecule has 8 nitrogen and oxygen atoms in total. The van der Waals surface area contributed by atoms with E-state index in [1.165, 1.54) is 0 Å². The molecule has 2 aliphatic heterocycles. The van der Waals surface area contributed by atoms with Crippen LogP contribution in [0.1, 0.15) is 40.0 Å². The summed E-state index contributed by atoms with van der Waals surface area (Å²) in [7, 11) is 0. The van der Waals surface area contributed by atoms with Crippen molar-refractivity contribution in [1.29, 1.82) is 0 Å². The van der Waals surface area contributed by atoms with E-state index in [0.29, 0.717) is 24.9 Å². The van der Waals surface area contributed by atoms with Gasteiger partial charge in [0, 0.05) is 11.8 Å². The number of hydrogen-bond acceptors (Lipinski definition) is 8. The van der Waals surface area contributed by atoms with Gasteiger partial charge in [0.15, 0.2) is 6.29 Å². The second kappa shape index (κ2) is 6.36. The first-order valence-electron chi connectivity index (χ1n) is 10.9. The van der Waals surface area contributed by atoms with Crippen LogP contribution in [0.4, 0.5) is 0 Å². The molecule has 8 heteroatoms. The van der Waals surface area contributed by atoms with Crippen molar-refractivity contribution in [2.45, 2.75) is 88.5 Å². The Kier molecular flexibility index (Phi) is 4.51. The summed E-state index contributed by atoms with van der Waals surface area (Å²) in [4.78, 5) is 0. The molecule has 5 rings (SSSR count). The third-order valence-corrected chi connectivity index (χ3v) is 9.09. The highest BCUT2D eigenvalue weighted by atomic mass is 16.7. The van der Waals surface area contributed by atoms with Gasteiger partial charge in [0.2, 0.25) is 0 Å². The lowest BCUT2D eigenvalue weighted by Gasteiger charge is -2.72. The Bertz CT molecular complexity index is 663. The number of epoxide rings is 1. The molecule has 0 bridgehead atoms. The summed E-state index contributed by atoms with van der Waals surface area (Å²) in [6.07, 6.45) is -4.80. The van der Waals surface area contributed by atoms with E-state index in [-0.39, 0.29) is 22.9 Å². The summed E-state index contributed by atoms with van der Waals surface area (Å²) in [5.74, 6) is 0.736. The first-order valence-corrected chi connectivity index (χ1v) is 10.9. The molecule has 12 unspecified atom stereocenters. The SMILES string of the molecule is CC1CCC2C(C)(C)C3C(O)CC4(CO4)C(OC4OC(CO)C(O)C(O)C4O)C123. The van der Waals surface area contributed by atoms with Crippen LogP contribution >= 0.6 is 0 Å². The van der Waals surface area contributed by atoms with Gasteiger partial charge in [-0.15, -0.1) is 0 Å². The molecule has 166 valence electrons. The quantitative estimate of drug-likeness (QED) is 0.387. The van der Waals surface area contributed by atoms with Gasteiger partial charge in [0.05, 0.1) is 25.4 Å². The van der Waals surface area contributed by atoms with E-state index in [0.717, 1.165) is 12.8 Å². The van der Waals surface area contributed by atoms with Crippen LogP contribution in [-0.4, -0.2) is 87.3 Å². The topological polar surface area (TPSA) is 132 Å². The van der Waals surface area contributed by atoms with Gasteiger partial charge in [-0.05, 0) is 36.0 Å². The molecule has 5 N–H and O–H groups in total. The highest BCUT2D eigenvalue weighted by molar-refractivity contribution is 5.29. The summed E-state index contributed by atoms with van der Waals surface area (Å²) in [6.45, 7) is 6.65. The number of aliphatic hydroxyl groups is 5. The summed E-state index contributed by atoms with van der Waals surface area (Å²) >= 11 is 0. The van der Waals surface area contributed by atoms with Crippen LogP contribution in [0.25, 0.3) is 0 Å². The molecule has 0 radical (unpaired) electrons.